The molecule has 0 N–H and O–H groups in total. The van der Waals surface area contributed by atoms with E-state index in [0.29, 0.717) is 0 Å². The van der Waals surface area contributed by atoms with Gasteiger partial charge in [-0.15, -0.1) is 0 Å². The van der Waals surface area contributed by atoms with Crippen LogP contribution in [0.5, 0.6) is 0 Å². The fourth-order valence-electron chi connectivity index (χ4n) is 2.47. The predicted molar refractivity (Wildman–Crippen MR) is 58.3 cm³/mol. The Hall–Kier alpha value is -1.32. The number of esters is 1. The molecule has 1 saturated heterocycles. The lowest BCUT2D eigenvalue weighted by Crippen LogP contribution is -2.79. The van der Waals surface area contributed by atoms with E-state index in [9.17, 15) is 9.59 Å². The zero-order valence-corrected chi connectivity index (χ0v) is 10.3. The number of nitrogens with zero attached hydrogens (tertiary/aromatic N) is 1. The first-order valence-corrected chi connectivity index (χ1v) is 5.40. The highest BCUT2D eigenvalue weighted by atomic mass is 16.6. The molecular formula is C12H17NO3. The predicted octanol–water partition coefficient (Wildman–Crippen LogP) is 1.46. The molecule has 0 aliphatic carbocycles. The highest BCUT2D eigenvalue weighted by molar-refractivity contribution is 5.96. The molecule has 1 amide bonds. The molecule has 1 fully saturated rings. The molecule has 2 aliphatic rings. The van der Waals surface area contributed by atoms with E-state index in [0.717, 1.165) is 0 Å². The quantitative estimate of drug-likeness (QED) is 0.461. The number of carbonyl (C=O) groups is 2. The second-order valence-electron chi connectivity index (χ2n) is 5.89. The molecule has 2 heterocycles. The number of hydrogen-bond acceptors (Lipinski definition) is 3. The maximum absolute atomic E-state index is 12.1. The molecule has 0 bridgehead atoms. The van der Waals surface area contributed by atoms with Crippen molar-refractivity contribution in [2.75, 3.05) is 0 Å². The van der Waals surface area contributed by atoms with E-state index in [4.69, 9.17) is 4.74 Å². The summed E-state index contributed by atoms with van der Waals surface area (Å²) in [6.45, 7) is 9.41. The largest absolute Gasteiger partial charge is 0.431 e. The van der Waals surface area contributed by atoms with Crippen LogP contribution in [0.4, 0.5) is 0 Å². The van der Waals surface area contributed by atoms with Gasteiger partial charge in [-0.1, -0.05) is 0 Å². The number of ether oxygens (including phenoxy) is 1. The molecule has 1 atom stereocenters. The Morgan fingerprint density at radius 3 is 2.19 bits per heavy atom. The van der Waals surface area contributed by atoms with Gasteiger partial charge in [0.2, 0.25) is 11.6 Å². The summed E-state index contributed by atoms with van der Waals surface area (Å²) in [6.07, 6.45) is 3.09. The average Bonchev–Trinajstić information content (AvgIpc) is 2.48. The molecule has 88 valence electrons. The maximum Gasteiger partial charge on any atom is 0.333 e. The first-order valence-electron chi connectivity index (χ1n) is 5.40. The van der Waals surface area contributed by atoms with Crippen molar-refractivity contribution in [2.45, 2.75) is 45.9 Å². The summed E-state index contributed by atoms with van der Waals surface area (Å²) in [6, 6.07) is 0. The Morgan fingerprint density at radius 2 is 1.81 bits per heavy atom. The normalized spacial score (nSPS) is 31.9. The zero-order chi connectivity index (χ0) is 12.4. The van der Waals surface area contributed by atoms with E-state index in [-0.39, 0.29) is 17.4 Å². The van der Waals surface area contributed by atoms with E-state index < -0.39 is 11.1 Å². The minimum absolute atomic E-state index is 0.0133. The zero-order valence-electron chi connectivity index (χ0n) is 10.3. The molecule has 0 radical (unpaired) electrons. The highest BCUT2D eigenvalue weighted by Gasteiger charge is 2.71. The SMILES string of the molecule is CC(C)(C)N1C(=O)C(C)(C)C12C=CC(=O)O2. The van der Waals surface area contributed by atoms with E-state index in [1.54, 1.807) is 24.8 Å². The summed E-state index contributed by atoms with van der Waals surface area (Å²) in [7, 11) is 0. The minimum Gasteiger partial charge on any atom is -0.431 e. The molecular weight excluding hydrogens is 206 g/mol. The maximum atomic E-state index is 12.1. The van der Waals surface area contributed by atoms with E-state index in [2.05, 4.69) is 0 Å². The van der Waals surface area contributed by atoms with Gasteiger partial charge in [-0.05, 0) is 40.7 Å². The molecule has 2 aliphatic heterocycles. The molecule has 4 heteroatoms. The van der Waals surface area contributed by atoms with Crippen molar-refractivity contribution < 1.29 is 14.3 Å². The van der Waals surface area contributed by atoms with E-state index in [1.807, 2.05) is 20.8 Å². The summed E-state index contributed by atoms with van der Waals surface area (Å²) < 4.78 is 5.36. The monoisotopic (exact) mass is 223 g/mol. The van der Waals surface area contributed by atoms with Gasteiger partial charge >= 0.3 is 5.97 Å². The Labute approximate surface area is 95.2 Å². The second-order valence-corrected chi connectivity index (χ2v) is 5.89. The van der Waals surface area contributed by atoms with Crippen LogP contribution in [0.2, 0.25) is 0 Å². The van der Waals surface area contributed by atoms with Gasteiger partial charge in [0.15, 0.2) is 0 Å². The lowest BCUT2D eigenvalue weighted by Gasteiger charge is -2.62. The summed E-state index contributed by atoms with van der Waals surface area (Å²) in [5.41, 5.74) is -1.93. The third kappa shape index (κ3) is 1.05. The second kappa shape index (κ2) is 2.67. The average molecular weight is 223 g/mol. The van der Waals surface area contributed by atoms with Gasteiger partial charge in [-0.25, -0.2) is 4.79 Å². The van der Waals surface area contributed by atoms with Gasteiger partial charge in [0.1, 0.15) is 5.41 Å². The molecule has 4 nitrogen and oxygen atoms in total. The summed E-state index contributed by atoms with van der Waals surface area (Å²) in [5.74, 6) is -0.367. The van der Waals surface area contributed by atoms with Crippen molar-refractivity contribution in [3.8, 4) is 0 Å². The number of hydrogen-bond donors (Lipinski definition) is 0. The van der Waals surface area contributed by atoms with Crippen molar-refractivity contribution in [1.29, 1.82) is 0 Å². The summed E-state index contributed by atoms with van der Waals surface area (Å²) in [4.78, 5) is 25.0. The highest BCUT2D eigenvalue weighted by Crippen LogP contribution is 2.54. The first kappa shape index (κ1) is 11.2. The van der Waals surface area contributed by atoms with Crippen LogP contribution in [0, 0.1) is 5.41 Å². The van der Waals surface area contributed by atoms with Crippen molar-refractivity contribution in [3.63, 3.8) is 0 Å². The third-order valence-corrected chi connectivity index (χ3v) is 3.34. The van der Waals surface area contributed by atoms with Gasteiger partial charge in [0.05, 0.1) is 0 Å². The topological polar surface area (TPSA) is 46.6 Å². The van der Waals surface area contributed by atoms with Gasteiger partial charge in [0, 0.05) is 11.6 Å². The Morgan fingerprint density at radius 1 is 1.25 bits per heavy atom. The van der Waals surface area contributed by atoms with E-state index >= 15 is 0 Å². The van der Waals surface area contributed by atoms with Crippen LogP contribution >= 0.6 is 0 Å². The molecule has 2 rings (SSSR count). The van der Waals surface area contributed by atoms with Crippen LogP contribution in [0.25, 0.3) is 0 Å². The number of likely N-dealkylation sites (tertiary alicyclic amines) is 1. The summed E-state index contributed by atoms with van der Waals surface area (Å²) in [5, 5.41) is 0. The number of amides is 1. The first-order chi connectivity index (χ1) is 7.13. The Kier molecular flexibility index (Phi) is 1.87. The lowest BCUT2D eigenvalue weighted by atomic mass is 9.68. The molecule has 0 saturated carbocycles. The molecule has 1 spiro atoms. The van der Waals surface area contributed by atoms with Crippen LogP contribution in [0.3, 0.4) is 0 Å². The van der Waals surface area contributed by atoms with Crippen LogP contribution in [0.1, 0.15) is 34.6 Å². The van der Waals surface area contributed by atoms with Crippen LogP contribution in [-0.2, 0) is 14.3 Å². The number of rotatable bonds is 0. The molecule has 16 heavy (non-hydrogen) atoms. The van der Waals surface area contributed by atoms with Gasteiger partial charge in [-0.3, -0.25) is 9.69 Å². The Balaban J connectivity index is 2.46. The lowest BCUT2D eigenvalue weighted by molar-refractivity contribution is -0.254. The smallest absolute Gasteiger partial charge is 0.333 e. The molecule has 0 aromatic carbocycles. The van der Waals surface area contributed by atoms with Gasteiger partial charge < -0.3 is 4.74 Å². The van der Waals surface area contributed by atoms with Crippen LogP contribution in [-0.4, -0.2) is 28.0 Å². The van der Waals surface area contributed by atoms with Crippen LogP contribution < -0.4 is 0 Å². The van der Waals surface area contributed by atoms with Crippen molar-refractivity contribution >= 4 is 11.9 Å². The van der Waals surface area contributed by atoms with Crippen LogP contribution in [0.15, 0.2) is 12.2 Å². The minimum atomic E-state index is -0.889. The fraction of sp³-hybridized carbons (Fsp3) is 0.667. The molecule has 1 unspecified atom stereocenters. The molecule has 0 aromatic rings. The van der Waals surface area contributed by atoms with Gasteiger partial charge in [0.25, 0.3) is 0 Å². The summed E-state index contributed by atoms with van der Waals surface area (Å²) >= 11 is 0. The molecule has 0 aromatic heterocycles. The fourth-order valence-corrected chi connectivity index (χ4v) is 2.47. The van der Waals surface area contributed by atoms with E-state index in [1.165, 1.54) is 6.08 Å². The third-order valence-electron chi connectivity index (χ3n) is 3.34. The number of carbonyl (C=O) groups excluding carboxylic acids is 2. The van der Waals surface area contributed by atoms with Crippen molar-refractivity contribution in [3.05, 3.63) is 12.2 Å². The number of β-lactam (4-membered cyclic amide) rings is 1. The van der Waals surface area contributed by atoms with Crippen molar-refractivity contribution in [1.82, 2.24) is 4.90 Å². The van der Waals surface area contributed by atoms with Gasteiger partial charge in [-0.2, -0.15) is 0 Å². The van der Waals surface area contributed by atoms with Crippen molar-refractivity contribution in [2.24, 2.45) is 5.41 Å². The standard InChI is InChI=1S/C12H17NO3/c1-10(2,3)13-9(15)11(4,5)12(13)7-6-8(14)16-12/h6-7H,1-5H3. The Bertz CT molecular complexity index is 403.